The van der Waals surface area contributed by atoms with Crippen molar-refractivity contribution < 1.29 is 19.4 Å². The maximum Gasteiger partial charge on any atom is 0.328 e. The lowest BCUT2D eigenvalue weighted by atomic mass is 10.1. The summed E-state index contributed by atoms with van der Waals surface area (Å²) in [5.74, 6) is -1.61. The molecule has 7 heteroatoms. The van der Waals surface area contributed by atoms with Crippen molar-refractivity contribution in [1.29, 1.82) is 0 Å². The second-order valence-electron chi connectivity index (χ2n) is 6.38. The number of carboxylic acids is 1. The molecule has 1 aliphatic rings. The van der Waals surface area contributed by atoms with Crippen molar-refractivity contribution in [2.75, 3.05) is 13.7 Å². The van der Waals surface area contributed by atoms with E-state index in [9.17, 15) is 14.7 Å². The molecule has 1 aliphatic carbocycles. The zero-order valence-electron chi connectivity index (χ0n) is 15.0. The number of aliphatic carboxylic acids is 1. The summed E-state index contributed by atoms with van der Waals surface area (Å²) < 4.78 is 6.68. The monoisotopic (exact) mass is 357 g/mol. The average Bonchev–Trinajstić information content (AvgIpc) is 3.23. The summed E-state index contributed by atoms with van der Waals surface area (Å²) in [4.78, 5) is 23.9. The maximum absolute atomic E-state index is 12.6. The number of fused-ring (bicyclic) bond motifs is 1. The minimum absolute atomic E-state index is 0.0948. The highest BCUT2D eigenvalue weighted by atomic mass is 16.5. The smallest absolute Gasteiger partial charge is 0.328 e. The molecule has 1 unspecified atom stereocenters. The van der Waals surface area contributed by atoms with Crippen LogP contribution in [0.2, 0.25) is 0 Å². The molecule has 0 saturated carbocycles. The highest BCUT2D eigenvalue weighted by Gasteiger charge is 2.29. The predicted octanol–water partition coefficient (Wildman–Crippen LogP) is 1.75. The normalized spacial score (nSPS) is 14.1. The summed E-state index contributed by atoms with van der Waals surface area (Å²) in [7, 11) is 1.40. The third-order valence-electron chi connectivity index (χ3n) is 4.67. The Morgan fingerprint density at radius 2 is 2.04 bits per heavy atom. The first-order valence-corrected chi connectivity index (χ1v) is 8.77. The van der Waals surface area contributed by atoms with Gasteiger partial charge in [-0.3, -0.25) is 4.79 Å². The van der Waals surface area contributed by atoms with E-state index in [4.69, 9.17) is 4.74 Å². The molecule has 138 valence electrons. The van der Waals surface area contributed by atoms with Crippen molar-refractivity contribution in [2.24, 2.45) is 0 Å². The summed E-state index contributed by atoms with van der Waals surface area (Å²) in [6.45, 7) is 2.00. The molecule has 1 amide bonds. The second-order valence-corrected chi connectivity index (χ2v) is 6.38. The van der Waals surface area contributed by atoms with Crippen molar-refractivity contribution in [3.63, 3.8) is 0 Å². The molecule has 1 heterocycles. The van der Waals surface area contributed by atoms with E-state index in [2.05, 4.69) is 29.5 Å². The first-order valence-electron chi connectivity index (χ1n) is 8.77. The molecular weight excluding hydrogens is 334 g/mol. The number of nitrogens with zero attached hydrogens (tertiary/aromatic N) is 2. The van der Waals surface area contributed by atoms with E-state index in [0.29, 0.717) is 5.69 Å². The largest absolute Gasteiger partial charge is 0.480 e. The summed E-state index contributed by atoms with van der Waals surface area (Å²) in [6, 6.07) is 7.00. The van der Waals surface area contributed by atoms with Gasteiger partial charge in [0.1, 0.15) is 0 Å². The molecule has 1 atom stereocenters. The van der Waals surface area contributed by atoms with Crippen LogP contribution in [0.25, 0.3) is 5.69 Å². The molecule has 7 nitrogen and oxygen atoms in total. The first-order chi connectivity index (χ1) is 12.5. The van der Waals surface area contributed by atoms with Crippen molar-refractivity contribution in [3.8, 4) is 5.69 Å². The van der Waals surface area contributed by atoms with Gasteiger partial charge in [0.2, 0.25) is 0 Å². The van der Waals surface area contributed by atoms with E-state index in [0.717, 1.165) is 42.6 Å². The Morgan fingerprint density at radius 1 is 1.31 bits per heavy atom. The van der Waals surface area contributed by atoms with Crippen LogP contribution < -0.4 is 5.32 Å². The number of ether oxygens (including phenoxy) is 1. The van der Waals surface area contributed by atoms with Crippen LogP contribution in [0, 0.1) is 0 Å². The number of methoxy groups -OCH3 is 1. The van der Waals surface area contributed by atoms with Crippen LogP contribution in [-0.4, -0.2) is 46.5 Å². The SMILES string of the molecule is CCc1ccc(-n2nc(C(=O)NC(COC)C(=O)O)c3c2CCC3)cc1. The van der Waals surface area contributed by atoms with Crippen LogP contribution in [0.3, 0.4) is 0 Å². The Balaban J connectivity index is 1.91. The molecule has 2 aromatic rings. The van der Waals surface area contributed by atoms with Gasteiger partial charge in [0.25, 0.3) is 5.91 Å². The van der Waals surface area contributed by atoms with Crippen LogP contribution in [0.5, 0.6) is 0 Å². The van der Waals surface area contributed by atoms with Crippen molar-refractivity contribution in [3.05, 3.63) is 46.8 Å². The number of aromatic nitrogens is 2. The predicted molar refractivity (Wildman–Crippen MR) is 95.7 cm³/mol. The Kier molecular flexibility index (Phi) is 5.37. The van der Waals surface area contributed by atoms with Crippen LogP contribution in [-0.2, 0) is 28.8 Å². The molecular formula is C19H23N3O4. The quantitative estimate of drug-likeness (QED) is 0.787. The van der Waals surface area contributed by atoms with Crippen molar-refractivity contribution >= 4 is 11.9 Å². The molecule has 0 spiro atoms. The van der Waals surface area contributed by atoms with Gasteiger partial charge in [-0.1, -0.05) is 19.1 Å². The molecule has 3 rings (SSSR count). The van der Waals surface area contributed by atoms with Gasteiger partial charge in [-0.2, -0.15) is 5.10 Å². The highest BCUT2D eigenvalue weighted by Crippen LogP contribution is 2.28. The van der Waals surface area contributed by atoms with E-state index in [-0.39, 0.29) is 6.61 Å². The van der Waals surface area contributed by atoms with E-state index >= 15 is 0 Å². The minimum Gasteiger partial charge on any atom is -0.480 e. The number of hydrogen-bond donors (Lipinski definition) is 2. The Labute approximate surface area is 152 Å². The number of carbonyl (C=O) groups is 2. The summed E-state index contributed by atoms with van der Waals surface area (Å²) >= 11 is 0. The van der Waals surface area contributed by atoms with Crippen LogP contribution in [0.1, 0.15) is 40.7 Å². The second kappa shape index (κ2) is 7.70. The lowest BCUT2D eigenvalue weighted by molar-refractivity contribution is -0.140. The highest BCUT2D eigenvalue weighted by molar-refractivity contribution is 5.96. The fraction of sp³-hybridized carbons (Fsp3) is 0.421. The molecule has 0 fully saturated rings. The molecule has 1 aromatic heterocycles. The standard InChI is InChI=1S/C19H23N3O4/c1-3-12-7-9-13(10-8-12)22-16-6-4-5-14(16)17(21-22)18(23)20-15(11-26-2)19(24)25/h7-10,15H,3-6,11H2,1-2H3,(H,20,23)(H,24,25). The number of carboxylic acid groups (broad SMARTS) is 1. The average molecular weight is 357 g/mol. The summed E-state index contributed by atoms with van der Waals surface area (Å²) in [5, 5.41) is 16.2. The number of rotatable bonds is 7. The maximum atomic E-state index is 12.6. The van der Waals surface area contributed by atoms with Gasteiger partial charge in [0, 0.05) is 18.4 Å². The third kappa shape index (κ3) is 3.48. The topological polar surface area (TPSA) is 93.5 Å². The number of aryl methyl sites for hydroxylation is 1. The Morgan fingerprint density at radius 3 is 2.65 bits per heavy atom. The molecule has 1 aromatic carbocycles. The van der Waals surface area contributed by atoms with E-state index < -0.39 is 17.9 Å². The van der Waals surface area contributed by atoms with Crippen LogP contribution in [0.15, 0.2) is 24.3 Å². The van der Waals surface area contributed by atoms with Crippen LogP contribution >= 0.6 is 0 Å². The molecule has 2 N–H and O–H groups in total. The van der Waals surface area contributed by atoms with Crippen molar-refractivity contribution in [2.45, 2.75) is 38.6 Å². The van der Waals surface area contributed by atoms with E-state index in [1.54, 1.807) is 0 Å². The van der Waals surface area contributed by atoms with Gasteiger partial charge in [-0.25, -0.2) is 9.48 Å². The molecule has 0 bridgehead atoms. The van der Waals surface area contributed by atoms with Gasteiger partial charge in [-0.15, -0.1) is 0 Å². The number of carbonyl (C=O) groups excluding carboxylic acids is 1. The van der Waals surface area contributed by atoms with Gasteiger partial charge < -0.3 is 15.2 Å². The number of hydrogen-bond acceptors (Lipinski definition) is 4. The first kappa shape index (κ1) is 18.1. The number of amides is 1. The van der Waals surface area contributed by atoms with E-state index in [1.165, 1.54) is 12.7 Å². The lowest BCUT2D eigenvalue weighted by Gasteiger charge is -2.12. The Hall–Kier alpha value is -2.67. The molecule has 0 radical (unpaired) electrons. The van der Waals surface area contributed by atoms with E-state index in [1.807, 2.05) is 16.8 Å². The molecule has 0 aliphatic heterocycles. The van der Waals surface area contributed by atoms with Crippen LogP contribution in [0.4, 0.5) is 0 Å². The number of nitrogens with one attached hydrogen (secondary N) is 1. The zero-order valence-corrected chi connectivity index (χ0v) is 15.0. The number of benzene rings is 1. The lowest BCUT2D eigenvalue weighted by Crippen LogP contribution is -2.44. The fourth-order valence-electron chi connectivity index (χ4n) is 3.27. The molecule has 0 saturated heterocycles. The zero-order chi connectivity index (χ0) is 18.7. The van der Waals surface area contributed by atoms with Crippen molar-refractivity contribution in [1.82, 2.24) is 15.1 Å². The minimum atomic E-state index is -1.13. The van der Waals surface area contributed by atoms with Gasteiger partial charge in [0.15, 0.2) is 11.7 Å². The van der Waals surface area contributed by atoms with Gasteiger partial charge in [-0.05, 0) is 43.4 Å². The Bertz CT molecular complexity index is 811. The van der Waals surface area contributed by atoms with Gasteiger partial charge >= 0.3 is 5.97 Å². The summed E-state index contributed by atoms with van der Waals surface area (Å²) in [6.07, 6.45) is 3.54. The fourth-order valence-corrected chi connectivity index (χ4v) is 3.27. The molecule has 26 heavy (non-hydrogen) atoms. The third-order valence-corrected chi connectivity index (χ3v) is 4.67. The van der Waals surface area contributed by atoms with Gasteiger partial charge in [0.05, 0.1) is 12.3 Å². The summed E-state index contributed by atoms with van der Waals surface area (Å²) in [5.41, 5.74) is 4.38.